The molecule has 11 heavy (non-hydrogen) atoms. The molecule has 0 atom stereocenters. The van der Waals surface area contributed by atoms with Gasteiger partial charge in [0.25, 0.3) is 0 Å². The van der Waals surface area contributed by atoms with Crippen molar-refractivity contribution in [1.29, 1.82) is 0 Å². The van der Waals surface area contributed by atoms with Crippen molar-refractivity contribution in [1.82, 2.24) is 0 Å². The molecule has 0 saturated heterocycles. The first kappa shape index (κ1) is 10.2. The Morgan fingerprint density at radius 1 is 1.45 bits per heavy atom. The lowest BCUT2D eigenvalue weighted by Crippen LogP contribution is -1.95. The van der Waals surface area contributed by atoms with Crippen molar-refractivity contribution in [2.45, 2.75) is 27.2 Å². The van der Waals surface area contributed by atoms with Gasteiger partial charge in [-0.3, -0.25) is 4.79 Å². The molecule has 0 radical (unpaired) electrons. The maximum atomic E-state index is 10.5. The fraction of sp³-hybridized carbons (Fsp3) is 0.625. The van der Waals surface area contributed by atoms with E-state index in [0.717, 1.165) is 6.42 Å². The molecular formula is C8H14O3. The molecule has 0 heterocycles. The topological polar surface area (TPSA) is 35.5 Å². The minimum atomic E-state index is -0.0393. The first-order chi connectivity index (χ1) is 5.16. The van der Waals surface area contributed by atoms with E-state index >= 15 is 0 Å². The average Bonchev–Trinajstić information content (AvgIpc) is 1.86. The summed E-state index contributed by atoms with van der Waals surface area (Å²) in [7, 11) is 0. The molecule has 0 unspecified atom stereocenters. The highest BCUT2D eigenvalue weighted by Gasteiger charge is 1.92. The Balaban J connectivity index is 3.51. The van der Waals surface area contributed by atoms with Gasteiger partial charge >= 0.3 is 0 Å². The van der Waals surface area contributed by atoms with Gasteiger partial charge in [0.05, 0.1) is 6.61 Å². The third-order valence-corrected chi connectivity index (χ3v) is 0.884. The van der Waals surface area contributed by atoms with Crippen molar-refractivity contribution in [2.75, 3.05) is 6.61 Å². The summed E-state index contributed by atoms with van der Waals surface area (Å²) in [5, 5.41) is 0. The first-order valence-corrected chi connectivity index (χ1v) is 3.65. The third kappa shape index (κ3) is 7.06. The van der Waals surface area contributed by atoms with Gasteiger partial charge in [-0.05, 0) is 20.3 Å². The van der Waals surface area contributed by atoms with Crippen molar-refractivity contribution in [3.63, 3.8) is 0 Å². The average molecular weight is 158 g/mol. The van der Waals surface area contributed by atoms with Gasteiger partial charge in [0.15, 0.2) is 5.78 Å². The Bertz CT molecular complexity index is 149. The van der Waals surface area contributed by atoms with Crippen LogP contribution in [0.2, 0.25) is 0 Å². The fourth-order valence-electron chi connectivity index (χ4n) is 0.528. The Hall–Kier alpha value is -0.830. The van der Waals surface area contributed by atoms with Crippen molar-refractivity contribution in [2.24, 2.45) is 0 Å². The number of allylic oxidation sites excluding steroid dienone is 2. The Morgan fingerprint density at radius 3 is 2.55 bits per heavy atom. The van der Waals surface area contributed by atoms with Crippen LogP contribution < -0.4 is 0 Å². The standard InChI is InChI=1S/C8H14O3/c1-4-5-10-11-8(3)6-7(2)9/h6H,4-5H2,1-3H3/b8-6-. The zero-order chi connectivity index (χ0) is 8.69. The van der Waals surface area contributed by atoms with E-state index in [4.69, 9.17) is 9.78 Å². The zero-order valence-corrected chi connectivity index (χ0v) is 7.22. The number of hydrogen-bond acceptors (Lipinski definition) is 3. The number of carbonyl (C=O) groups is 1. The molecular weight excluding hydrogens is 144 g/mol. The molecule has 0 rings (SSSR count). The monoisotopic (exact) mass is 158 g/mol. The first-order valence-electron chi connectivity index (χ1n) is 3.65. The summed E-state index contributed by atoms with van der Waals surface area (Å²) in [5.41, 5.74) is 0. The zero-order valence-electron chi connectivity index (χ0n) is 7.22. The van der Waals surface area contributed by atoms with E-state index in [9.17, 15) is 4.79 Å². The molecule has 3 nitrogen and oxygen atoms in total. The van der Waals surface area contributed by atoms with E-state index < -0.39 is 0 Å². The summed E-state index contributed by atoms with van der Waals surface area (Å²) in [6, 6.07) is 0. The normalized spacial score (nSPS) is 11.4. The van der Waals surface area contributed by atoms with Gasteiger partial charge < -0.3 is 4.89 Å². The van der Waals surface area contributed by atoms with Crippen LogP contribution in [0.3, 0.4) is 0 Å². The smallest absolute Gasteiger partial charge is 0.156 e. The van der Waals surface area contributed by atoms with Crippen LogP contribution in [-0.4, -0.2) is 12.4 Å². The number of ketones is 1. The molecule has 0 aliphatic heterocycles. The number of hydrogen-bond donors (Lipinski definition) is 0. The van der Waals surface area contributed by atoms with Crippen LogP contribution in [-0.2, 0) is 14.6 Å². The van der Waals surface area contributed by atoms with E-state index in [2.05, 4.69) is 0 Å². The summed E-state index contributed by atoms with van der Waals surface area (Å²) in [6.07, 6.45) is 2.28. The van der Waals surface area contributed by atoms with E-state index in [1.165, 1.54) is 13.0 Å². The van der Waals surface area contributed by atoms with E-state index in [0.29, 0.717) is 12.4 Å². The highest BCUT2D eigenvalue weighted by molar-refractivity contribution is 5.87. The van der Waals surface area contributed by atoms with Gasteiger partial charge in [-0.15, -0.1) is 0 Å². The predicted molar refractivity (Wildman–Crippen MR) is 41.8 cm³/mol. The summed E-state index contributed by atoms with van der Waals surface area (Å²) >= 11 is 0. The van der Waals surface area contributed by atoms with Gasteiger partial charge in [-0.2, -0.15) is 4.89 Å². The molecule has 0 aliphatic rings. The second-order valence-corrected chi connectivity index (χ2v) is 2.27. The molecule has 0 spiro atoms. The molecule has 0 aromatic heterocycles. The second kappa shape index (κ2) is 5.92. The highest BCUT2D eigenvalue weighted by atomic mass is 17.2. The van der Waals surface area contributed by atoms with Crippen LogP contribution in [0.1, 0.15) is 27.2 Å². The predicted octanol–water partition coefficient (Wildman–Crippen LogP) is 1.84. The molecule has 0 aromatic carbocycles. The highest BCUT2D eigenvalue weighted by Crippen LogP contribution is 1.96. The second-order valence-electron chi connectivity index (χ2n) is 2.27. The maximum absolute atomic E-state index is 10.5. The van der Waals surface area contributed by atoms with E-state index in [-0.39, 0.29) is 5.78 Å². The summed E-state index contributed by atoms with van der Waals surface area (Å²) in [4.78, 5) is 19.9. The van der Waals surface area contributed by atoms with Crippen LogP contribution >= 0.6 is 0 Å². The largest absolute Gasteiger partial charge is 0.342 e. The Morgan fingerprint density at radius 2 is 2.09 bits per heavy atom. The number of rotatable bonds is 5. The lowest BCUT2D eigenvalue weighted by Gasteiger charge is -2.01. The molecule has 0 N–H and O–H groups in total. The minimum Gasteiger partial charge on any atom is -0.342 e. The van der Waals surface area contributed by atoms with Gasteiger partial charge in [-0.25, -0.2) is 0 Å². The van der Waals surface area contributed by atoms with Gasteiger partial charge in [0.1, 0.15) is 5.76 Å². The van der Waals surface area contributed by atoms with Crippen molar-refractivity contribution in [3.05, 3.63) is 11.8 Å². The van der Waals surface area contributed by atoms with Crippen molar-refractivity contribution in [3.8, 4) is 0 Å². The number of carbonyl (C=O) groups excluding carboxylic acids is 1. The van der Waals surface area contributed by atoms with Gasteiger partial charge in [0, 0.05) is 6.08 Å². The van der Waals surface area contributed by atoms with Gasteiger partial charge in [0.2, 0.25) is 0 Å². The van der Waals surface area contributed by atoms with Gasteiger partial charge in [-0.1, -0.05) is 6.92 Å². The lowest BCUT2D eigenvalue weighted by atomic mass is 10.4. The van der Waals surface area contributed by atoms with Crippen LogP contribution in [0.15, 0.2) is 11.8 Å². The third-order valence-electron chi connectivity index (χ3n) is 0.884. The van der Waals surface area contributed by atoms with Crippen molar-refractivity contribution < 1.29 is 14.6 Å². The fourth-order valence-corrected chi connectivity index (χ4v) is 0.528. The van der Waals surface area contributed by atoms with Crippen LogP contribution in [0.25, 0.3) is 0 Å². The SMILES string of the molecule is CCCOO/C(C)=C\C(C)=O. The van der Waals surface area contributed by atoms with Crippen LogP contribution in [0.5, 0.6) is 0 Å². The molecule has 0 bridgehead atoms. The molecule has 0 amide bonds. The Labute approximate surface area is 66.9 Å². The van der Waals surface area contributed by atoms with E-state index in [1.807, 2.05) is 6.92 Å². The van der Waals surface area contributed by atoms with E-state index in [1.54, 1.807) is 6.92 Å². The van der Waals surface area contributed by atoms with Crippen LogP contribution in [0.4, 0.5) is 0 Å². The molecule has 64 valence electrons. The quantitative estimate of drug-likeness (QED) is 0.201. The molecule has 0 aromatic rings. The minimum absolute atomic E-state index is 0.0393. The summed E-state index contributed by atoms with van der Waals surface area (Å²) < 4.78 is 0. The van der Waals surface area contributed by atoms with Crippen LogP contribution in [0, 0.1) is 0 Å². The molecule has 0 fully saturated rings. The Kier molecular flexibility index (Phi) is 5.47. The molecule has 0 saturated carbocycles. The molecule has 3 heteroatoms. The lowest BCUT2D eigenvalue weighted by molar-refractivity contribution is -0.261. The summed E-state index contributed by atoms with van der Waals surface area (Å²) in [5.74, 6) is 0.452. The maximum Gasteiger partial charge on any atom is 0.156 e. The van der Waals surface area contributed by atoms with Crippen molar-refractivity contribution >= 4 is 5.78 Å². The summed E-state index contributed by atoms with van der Waals surface area (Å²) in [6.45, 7) is 5.67. The molecule has 0 aliphatic carbocycles.